The minimum Gasteiger partial charge on any atom is -0.493 e. The van der Waals surface area contributed by atoms with Crippen molar-refractivity contribution in [2.75, 3.05) is 12.0 Å². The van der Waals surface area contributed by atoms with Crippen LogP contribution in [0.1, 0.15) is 15.9 Å². The van der Waals surface area contributed by atoms with Crippen LogP contribution in [0.15, 0.2) is 72.3 Å². The average molecular weight is 495 g/mol. The van der Waals surface area contributed by atoms with Crippen molar-refractivity contribution >= 4 is 47.2 Å². The van der Waals surface area contributed by atoms with E-state index in [1.54, 1.807) is 12.1 Å². The second-order valence-corrected chi connectivity index (χ2v) is 7.65. The summed E-state index contributed by atoms with van der Waals surface area (Å²) < 4.78 is 24.9. The van der Waals surface area contributed by atoms with E-state index in [9.17, 15) is 23.6 Å². The van der Waals surface area contributed by atoms with Crippen molar-refractivity contribution in [1.82, 2.24) is 5.32 Å². The highest BCUT2D eigenvalue weighted by atomic mass is 35.5. The molecule has 0 bridgehead atoms. The molecule has 8 nitrogen and oxygen atoms in total. The second-order valence-electron chi connectivity index (χ2n) is 7.22. The quantitative estimate of drug-likeness (QED) is 0.244. The Morgan fingerprint density at radius 2 is 1.71 bits per heavy atom. The van der Waals surface area contributed by atoms with Crippen LogP contribution in [-0.4, -0.2) is 30.9 Å². The number of esters is 1. The maximum absolute atomic E-state index is 14.2. The van der Waals surface area contributed by atoms with E-state index in [4.69, 9.17) is 21.1 Å². The van der Waals surface area contributed by atoms with Crippen molar-refractivity contribution < 1.29 is 33.0 Å². The van der Waals surface area contributed by atoms with E-state index < -0.39 is 35.2 Å². The standard InChI is InChI=1S/C25H16ClFN2O6/c1-34-21-13-14(6-11-20(21)35-24(32)15-7-9-16(26)10-8-15)12-17-22(30)28-25(33)29(23(17)31)19-5-3-2-4-18(19)27/h2-13H,1H3,(H,28,30,33). The van der Waals surface area contributed by atoms with E-state index in [1.807, 2.05) is 5.32 Å². The molecule has 1 N–H and O–H groups in total. The predicted molar refractivity (Wildman–Crippen MR) is 125 cm³/mol. The molecule has 0 saturated carbocycles. The molecule has 3 aromatic rings. The third-order valence-electron chi connectivity index (χ3n) is 4.98. The number of barbiturate groups is 1. The number of nitrogens with zero attached hydrogens (tertiary/aromatic N) is 1. The largest absolute Gasteiger partial charge is 0.493 e. The molecule has 1 fully saturated rings. The molecule has 3 aromatic carbocycles. The van der Waals surface area contributed by atoms with Crippen molar-refractivity contribution in [3.8, 4) is 11.5 Å². The van der Waals surface area contributed by atoms with Gasteiger partial charge in [0.1, 0.15) is 11.4 Å². The fraction of sp³-hybridized carbons (Fsp3) is 0.0400. The topological polar surface area (TPSA) is 102 Å². The summed E-state index contributed by atoms with van der Waals surface area (Å²) in [7, 11) is 1.35. The Labute approximate surface area is 203 Å². The van der Waals surface area contributed by atoms with Crippen LogP contribution in [-0.2, 0) is 9.59 Å². The highest BCUT2D eigenvalue weighted by Gasteiger charge is 2.38. The van der Waals surface area contributed by atoms with Gasteiger partial charge in [-0.05, 0) is 60.2 Å². The van der Waals surface area contributed by atoms with Crippen LogP contribution >= 0.6 is 11.6 Å². The third-order valence-corrected chi connectivity index (χ3v) is 5.23. The van der Waals surface area contributed by atoms with Gasteiger partial charge in [0, 0.05) is 5.02 Å². The van der Waals surface area contributed by atoms with E-state index in [0.29, 0.717) is 15.5 Å². The number of para-hydroxylation sites is 1. The highest BCUT2D eigenvalue weighted by molar-refractivity contribution is 6.39. The van der Waals surface area contributed by atoms with E-state index in [-0.39, 0.29) is 22.7 Å². The number of imide groups is 2. The first-order chi connectivity index (χ1) is 16.8. The minimum atomic E-state index is -1.07. The molecule has 0 radical (unpaired) electrons. The normalized spacial score (nSPS) is 14.7. The van der Waals surface area contributed by atoms with Gasteiger partial charge in [-0.1, -0.05) is 29.8 Å². The molecular formula is C25H16ClFN2O6. The summed E-state index contributed by atoms with van der Waals surface area (Å²) in [6, 6.07) is 14.6. The molecule has 1 heterocycles. The number of carbonyl (C=O) groups is 4. The number of urea groups is 1. The molecule has 4 amide bonds. The van der Waals surface area contributed by atoms with Crippen molar-refractivity contribution in [1.29, 1.82) is 0 Å². The molecule has 10 heteroatoms. The van der Waals surface area contributed by atoms with Gasteiger partial charge in [-0.2, -0.15) is 0 Å². The summed E-state index contributed by atoms with van der Waals surface area (Å²) in [6.07, 6.45) is 1.21. The molecule has 0 aromatic heterocycles. The first-order valence-corrected chi connectivity index (χ1v) is 10.5. The smallest absolute Gasteiger partial charge is 0.343 e. The summed E-state index contributed by atoms with van der Waals surface area (Å²) in [6.45, 7) is 0. The summed E-state index contributed by atoms with van der Waals surface area (Å²) >= 11 is 5.83. The molecule has 0 spiro atoms. The number of ether oxygens (including phenoxy) is 2. The monoisotopic (exact) mass is 494 g/mol. The number of hydrogen-bond acceptors (Lipinski definition) is 6. The van der Waals surface area contributed by atoms with Gasteiger partial charge in [0.25, 0.3) is 11.8 Å². The zero-order valence-corrected chi connectivity index (χ0v) is 18.8. The maximum Gasteiger partial charge on any atom is 0.343 e. The van der Waals surface area contributed by atoms with Gasteiger partial charge in [0.15, 0.2) is 11.5 Å². The first kappa shape index (κ1) is 23.7. The SMILES string of the molecule is COc1cc(C=C2C(=O)NC(=O)N(c3ccccc3F)C2=O)ccc1OC(=O)c1ccc(Cl)cc1. The Morgan fingerprint density at radius 3 is 2.40 bits per heavy atom. The summed E-state index contributed by atoms with van der Waals surface area (Å²) in [5, 5.41) is 2.49. The minimum absolute atomic E-state index is 0.0946. The van der Waals surface area contributed by atoms with Gasteiger partial charge in [-0.15, -0.1) is 0 Å². The summed E-state index contributed by atoms with van der Waals surface area (Å²) in [5.74, 6) is -3.15. The molecule has 1 aliphatic rings. The van der Waals surface area contributed by atoms with Gasteiger partial charge in [-0.25, -0.2) is 18.9 Å². The van der Waals surface area contributed by atoms with Gasteiger partial charge in [0.2, 0.25) is 0 Å². The number of halogens is 2. The van der Waals surface area contributed by atoms with Crippen LogP contribution in [0, 0.1) is 5.82 Å². The van der Waals surface area contributed by atoms with E-state index in [1.165, 1.54) is 61.7 Å². The van der Waals surface area contributed by atoms with Crippen LogP contribution in [0.3, 0.4) is 0 Å². The molecule has 4 rings (SSSR count). The van der Waals surface area contributed by atoms with E-state index in [2.05, 4.69) is 0 Å². The molecule has 0 unspecified atom stereocenters. The lowest BCUT2D eigenvalue weighted by molar-refractivity contribution is -0.122. The molecule has 0 aliphatic carbocycles. The lowest BCUT2D eigenvalue weighted by Gasteiger charge is -2.26. The maximum atomic E-state index is 14.2. The fourth-order valence-corrected chi connectivity index (χ4v) is 3.41. The van der Waals surface area contributed by atoms with Crippen LogP contribution in [0.5, 0.6) is 11.5 Å². The Balaban J connectivity index is 1.63. The van der Waals surface area contributed by atoms with Gasteiger partial charge in [0.05, 0.1) is 18.4 Å². The lowest BCUT2D eigenvalue weighted by atomic mass is 10.1. The van der Waals surface area contributed by atoms with Crippen molar-refractivity contribution in [2.24, 2.45) is 0 Å². The van der Waals surface area contributed by atoms with Gasteiger partial charge >= 0.3 is 12.0 Å². The van der Waals surface area contributed by atoms with Crippen molar-refractivity contribution in [2.45, 2.75) is 0 Å². The van der Waals surface area contributed by atoms with Gasteiger partial charge in [-0.3, -0.25) is 14.9 Å². The molecule has 35 heavy (non-hydrogen) atoms. The summed E-state index contributed by atoms with van der Waals surface area (Å²) in [4.78, 5) is 50.5. The van der Waals surface area contributed by atoms with Crippen molar-refractivity contribution in [3.05, 3.63) is 94.3 Å². The predicted octanol–water partition coefficient (Wildman–Crippen LogP) is 4.37. The number of rotatable bonds is 5. The number of anilines is 1. The number of amides is 4. The number of hydrogen-bond donors (Lipinski definition) is 1. The third kappa shape index (κ3) is 4.90. The molecular weight excluding hydrogens is 479 g/mol. The Morgan fingerprint density at radius 1 is 1.00 bits per heavy atom. The van der Waals surface area contributed by atoms with Gasteiger partial charge < -0.3 is 9.47 Å². The van der Waals surface area contributed by atoms with Crippen molar-refractivity contribution in [3.63, 3.8) is 0 Å². The number of benzene rings is 3. The van der Waals surface area contributed by atoms with E-state index in [0.717, 1.165) is 6.07 Å². The Hall–Kier alpha value is -4.50. The molecule has 176 valence electrons. The first-order valence-electron chi connectivity index (χ1n) is 10.1. The zero-order valence-electron chi connectivity index (χ0n) is 18.1. The number of methoxy groups -OCH3 is 1. The van der Waals surface area contributed by atoms with Crippen LogP contribution in [0.2, 0.25) is 5.02 Å². The lowest BCUT2D eigenvalue weighted by Crippen LogP contribution is -2.54. The Bertz CT molecular complexity index is 1390. The summed E-state index contributed by atoms with van der Waals surface area (Å²) in [5.41, 5.74) is -0.101. The molecule has 1 saturated heterocycles. The Kier molecular flexibility index (Phi) is 6.61. The number of carbonyl (C=O) groups excluding carboxylic acids is 4. The van der Waals surface area contributed by atoms with E-state index >= 15 is 0 Å². The highest BCUT2D eigenvalue weighted by Crippen LogP contribution is 2.31. The average Bonchev–Trinajstić information content (AvgIpc) is 2.84. The van der Waals surface area contributed by atoms with Crippen LogP contribution in [0.4, 0.5) is 14.9 Å². The zero-order chi connectivity index (χ0) is 25.1. The number of nitrogens with one attached hydrogen (secondary N) is 1. The van der Waals surface area contributed by atoms with Crippen LogP contribution < -0.4 is 19.7 Å². The second kappa shape index (κ2) is 9.78. The molecule has 0 atom stereocenters. The molecule has 1 aliphatic heterocycles. The van der Waals surface area contributed by atoms with Crippen LogP contribution in [0.25, 0.3) is 6.08 Å². The fourth-order valence-electron chi connectivity index (χ4n) is 3.28.